The van der Waals surface area contributed by atoms with Crippen molar-refractivity contribution in [3.63, 3.8) is 0 Å². The van der Waals surface area contributed by atoms with Crippen LogP contribution in [0.15, 0.2) is 24.5 Å². The lowest BCUT2D eigenvalue weighted by Gasteiger charge is -2.22. The van der Waals surface area contributed by atoms with Crippen LogP contribution in [0.1, 0.15) is 18.6 Å². The molecule has 1 saturated heterocycles. The van der Waals surface area contributed by atoms with Crippen molar-refractivity contribution in [3.05, 3.63) is 30.1 Å². The van der Waals surface area contributed by atoms with Gasteiger partial charge in [-0.15, -0.1) is 0 Å². The molecule has 0 spiro atoms. The van der Waals surface area contributed by atoms with Crippen LogP contribution in [0.3, 0.4) is 0 Å². The fourth-order valence-electron chi connectivity index (χ4n) is 1.55. The van der Waals surface area contributed by atoms with Crippen LogP contribution >= 0.6 is 0 Å². The van der Waals surface area contributed by atoms with Crippen molar-refractivity contribution in [2.24, 2.45) is 0 Å². The number of nitrogens with zero attached hydrogens (tertiary/aromatic N) is 1. The van der Waals surface area contributed by atoms with Crippen molar-refractivity contribution in [3.8, 4) is 0 Å². The maximum Gasteiger partial charge on any atom is 0.275 e. The fraction of sp³-hybridized carbons (Fsp3) is 0.500. The minimum atomic E-state index is -0.594. The van der Waals surface area contributed by atoms with Crippen molar-refractivity contribution >= 4 is 5.91 Å². The second-order valence-corrected chi connectivity index (χ2v) is 3.94. The number of ether oxygens (including phenoxy) is 2. The smallest absolute Gasteiger partial charge is 0.275 e. The Kier molecular flexibility index (Phi) is 4.63. The third-order valence-electron chi connectivity index (χ3n) is 2.62. The zero-order valence-electron chi connectivity index (χ0n) is 10.2. The van der Waals surface area contributed by atoms with Crippen molar-refractivity contribution in [2.75, 3.05) is 19.8 Å². The van der Waals surface area contributed by atoms with Gasteiger partial charge in [0.15, 0.2) is 6.10 Å². The highest BCUT2D eigenvalue weighted by atomic mass is 16.7. The first-order valence-electron chi connectivity index (χ1n) is 5.82. The van der Waals surface area contributed by atoms with E-state index in [1.807, 2.05) is 19.1 Å². The number of pyridine rings is 1. The number of hydrogen-bond acceptors (Lipinski definition) is 5. The summed E-state index contributed by atoms with van der Waals surface area (Å²) in [6.07, 6.45) is 2.51. The first-order chi connectivity index (χ1) is 8.77. The Labute approximate surface area is 105 Å². The first kappa shape index (κ1) is 12.9. The molecule has 0 aromatic carbocycles. The summed E-state index contributed by atoms with van der Waals surface area (Å²) in [5.41, 5.74) is 3.32. The van der Waals surface area contributed by atoms with Crippen molar-refractivity contribution < 1.29 is 19.1 Å². The minimum absolute atomic E-state index is 0.249. The van der Waals surface area contributed by atoms with Gasteiger partial charge in [0.2, 0.25) is 0 Å². The molecule has 1 amide bonds. The van der Waals surface area contributed by atoms with Crippen LogP contribution < -0.4 is 5.48 Å². The largest absolute Gasteiger partial charge is 0.376 e. The molecule has 18 heavy (non-hydrogen) atoms. The molecule has 1 N–H and O–H groups in total. The van der Waals surface area contributed by atoms with Gasteiger partial charge in [-0.1, -0.05) is 0 Å². The molecular formula is C12H16N2O4. The predicted molar refractivity (Wildman–Crippen MR) is 62.4 cm³/mol. The predicted octanol–water partition coefficient (Wildman–Crippen LogP) is 0.606. The quantitative estimate of drug-likeness (QED) is 0.795. The topological polar surface area (TPSA) is 69.7 Å². The van der Waals surface area contributed by atoms with E-state index in [4.69, 9.17) is 14.3 Å². The number of hydroxylamine groups is 1. The second-order valence-electron chi connectivity index (χ2n) is 3.94. The molecule has 2 atom stereocenters. The van der Waals surface area contributed by atoms with E-state index in [9.17, 15) is 4.79 Å². The van der Waals surface area contributed by atoms with Gasteiger partial charge in [0, 0.05) is 12.4 Å². The Morgan fingerprint density at radius 2 is 2.28 bits per heavy atom. The summed E-state index contributed by atoms with van der Waals surface area (Å²) in [6.45, 7) is 3.06. The second kappa shape index (κ2) is 6.44. The maximum atomic E-state index is 11.7. The van der Waals surface area contributed by atoms with Crippen LogP contribution in [-0.4, -0.2) is 36.8 Å². The Morgan fingerprint density at radius 1 is 1.50 bits per heavy atom. The van der Waals surface area contributed by atoms with Crippen LogP contribution in [0.4, 0.5) is 0 Å². The highest BCUT2D eigenvalue weighted by Gasteiger charge is 2.23. The lowest BCUT2D eigenvalue weighted by molar-refractivity contribution is -0.163. The van der Waals surface area contributed by atoms with E-state index in [1.54, 1.807) is 12.4 Å². The third-order valence-corrected chi connectivity index (χ3v) is 2.62. The lowest BCUT2D eigenvalue weighted by Crippen LogP contribution is -2.43. The maximum absolute atomic E-state index is 11.7. The third kappa shape index (κ3) is 3.49. The average molecular weight is 252 g/mol. The lowest BCUT2D eigenvalue weighted by atomic mass is 10.2. The molecule has 0 saturated carbocycles. The summed E-state index contributed by atoms with van der Waals surface area (Å²) in [5.74, 6) is -0.324. The summed E-state index contributed by atoms with van der Waals surface area (Å²) in [7, 11) is 0. The van der Waals surface area contributed by atoms with Gasteiger partial charge in [0.25, 0.3) is 5.91 Å². The molecule has 6 nitrogen and oxygen atoms in total. The average Bonchev–Trinajstić information content (AvgIpc) is 2.46. The van der Waals surface area contributed by atoms with E-state index in [0.717, 1.165) is 5.56 Å². The van der Waals surface area contributed by atoms with Gasteiger partial charge < -0.3 is 9.47 Å². The zero-order chi connectivity index (χ0) is 12.8. The van der Waals surface area contributed by atoms with E-state index < -0.39 is 6.10 Å². The van der Waals surface area contributed by atoms with Crippen LogP contribution in [0, 0.1) is 0 Å². The summed E-state index contributed by atoms with van der Waals surface area (Å²) in [4.78, 5) is 20.9. The molecule has 1 fully saturated rings. The van der Waals surface area contributed by atoms with Crippen molar-refractivity contribution in [1.82, 2.24) is 10.5 Å². The van der Waals surface area contributed by atoms with Gasteiger partial charge in [0.1, 0.15) is 6.10 Å². The number of carbonyl (C=O) groups is 1. The monoisotopic (exact) mass is 252 g/mol. The number of nitrogens with one attached hydrogen (secondary N) is 1. The van der Waals surface area contributed by atoms with Gasteiger partial charge in [-0.05, 0) is 24.6 Å². The van der Waals surface area contributed by atoms with E-state index in [-0.39, 0.29) is 18.6 Å². The van der Waals surface area contributed by atoms with Gasteiger partial charge in [-0.2, -0.15) is 0 Å². The molecular weight excluding hydrogens is 236 g/mol. The Morgan fingerprint density at radius 3 is 2.94 bits per heavy atom. The normalized spacial score (nSPS) is 21.3. The van der Waals surface area contributed by atoms with Gasteiger partial charge in [0.05, 0.1) is 19.8 Å². The molecule has 1 aromatic heterocycles. The molecule has 0 aliphatic carbocycles. The van der Waals surface area contributed by atoms with E-state index in [2.05, 4.69) is 10.5 Å². The van der Waals surface area contributed by atoms with Gasteiger partial charge in [-0.3, -0.25) is 14.6 Å². The van der Waals surface area contributed by atoms with Gasteiger partial charge >= 0.3 is 0 Å². The van der Waals surface area contributed by atoms with Crippen LogP contribution in [0.5, 0.6) is 0 Å². The highest BCUT2D eigenvalue weighted by molar-refractivity contribution is 5.79. The summed E-state index contributed by atoms with van der Waals surface area (Å²) >= 11 is 0. The van der Waals surface area contributed by atoms with E-state index in [0.29, 0.717) is 13.2 Å². The number of aromatic nitrogens is 1. The SMILES string of the molecule is C[C@H](ONC(=O)C1COCCO1)c1ccncc1. The molecule has 2 rings (SSSR count). The Balaban J connectivity index is 1.78. The summed E-state index contributed by atoms with van der Waals surface area (Å²) in [5, 5.41) is 0. The molecule has 98 valence electrons. The molecule has 2 heterocycles. The van der Waals surface area contributed by atoms with E-state index in [1.165, 1.54) is 0 Å². The van der Waals surface area contributed by atoms with Gasteiger partial charge in [-0.25, -0.2) is 5.48 Å². The number of carbonyl (C=O) groups excluding carboxylic acids is 1. The molecule has 0 radical (unpaired) electrons. The highest BCUT2D eigenvalue weighted by Crippen LogP contribution is 2.13. The van der Waals surface area contributed by atoms with Crippen LogP contribution in [-0.2, 0) is 19.1 Å². The molecule has 1 aliphatic heterocycles. The number of hydrogen-bond donors (Lipinski definition) is 1. The Hall–Kier alpha value is -1.50. The molecule has 1 aliphatic rings. The number of rotatable bonds is 4. The van der Waals surface area contributed by atoms with Crippen LogP contribution in [0.2, 0.25) is 0 Å². The van der Waals surface area contributed by atoms with Crippen molar-refractivity contribution in [1.29, 1.82) is 0 Å². The van der Waals surface area contributed by atoms with E-state index >= 15 is 0 Å². The molecule has 0 bridgehead atoms. The van der Waals surface area contributed by atoms with Crippen LogP contribution in [0.25, 0.3) is 0 Å². The fourth-order valence-corrected chi connectivity index (χ4v) is 1.55. The Bertz CT molecular complexity index is 379. The molecule has 1 aromatic rings. The zero-order valence-corrected chi connectivity index (χ0v) is 10.2. The summed E-state index contributed by atoms with van der Waals surface area (Å²) in [6, 6.07) is 3.66. The summed E-state index contributed by atoms with van der Waals surface area (Å²) < 4.78 is 10.4. The standard InChI is InChI=1S/C12H16N2O4/c1-9(10-2-4-13-5-3-10)18-14-12(15)11-8-16-6-7-17-11/h2-5,9,11H,6-8H2,1H3,(H,14,15)/t9-,11?/m0/s1. The first-order valence-corrected chi connectivity index (χ1v) is 5.82. The number of amides is 1. The minimum Gasteiger partial charge on any atom is -0.376 e. The molecule has 6 heteroatoms. The van der Waals surface area contributed by atoms with Crippen molar-refractivity contribution in [2.45, 2.75) is 19.1 Å². The molecule has 1 unspecified atom stereocenters.